The summed E-state index contributed by atoms with van der Waals surface area (Å²) in [7, 11) is 0. The monoisotopic (exact) mass is 238 g/mol. The van der Waals surface area contributed by atoms with Gasteiger partial charge in [0.05, 0.1) is 6.10 Å². The highest BCUT2D eigenvalue weighted by Gasteiger charge is 2.45. The Hall–Kier alpha value is -0.120. The van der Waals surface area contributed by atoms with Gasteiger partial charge in [0, 0.05) is 30.8 Å². The zero-order chi connectivity index (χ0) is 11.8. The fourth-order valence-corrected chi connectivity index (χ4v) is 4.21. The second-order valence-electron chi connectivity index (χ2n) is 6.12. The first kappa shape index (κ1) is 11.9. The highest BCUT2D eigenvalue weighted by atomic mass is 16.5. The fourth-order valence-electron chi connectivity index (χ4n) is 4.21. The summed E-state index contributed by atoms with van der Waals surface area (Å²) in [6, 6.07) is 2.83. The van der Waals surface area contributed by atoms with Crippen LogP contribution < -0.4 is 5.73 Å². The van der Waals surface area contributed by atoms with Crippen molar-refractivity contribution in [1.29, 1.82) is 0 Å². The molecule has 98 valence electrons. The third-order valence-corrected chi connectivity index (χ3v) is 4.96. The van der Waals surface area contributed by atoms with Gasteiger partial charge in [0.25, 0.3) is 0 Å². The molecule has 0 amide bonds. The van der Waals surface area contributed by atoms with Crippen LogP contribution in [0.2, 0.25) is 0 Å². The first-order valence-electron chi connectivity index (χ1n) is 7.42. The molecule has 2 unspecified atom stereocenters. The highest BCUT2D eigenvalue weighted by Crippen LogP contribution is 2.40. The summed E-state index contributed by atoms with van der Waals surface area (Å²) in [6.07, 6.45) is 9.69. The van der Waals surface area contributed by atoms with Crippen LogP contribution >= 0.6 is 0 Å². The first-order chi connectivity index (χ1) is 8.28. The summed E-state index contributed by atoms with van der Waals surface area (Å²) in [4.78, 5) is 2.82. The van der Waals surface area contributed by atoms with Crippen molar-refractivity contribution in [1.82, 2.24) is 4.90 Å². The molecule has 2 heterocycles. The zero-order valence-electron chi connectivity index (χ0n) is 11.0. The van der Waals surface area contributed by atoms with E-state index in [1.54, 1.807) is 0 Å². The minimum Gasteiger partial charge on any atom is -0.378 e. The molecule has 1 saturated carbocycles. The molecule has 2 bridgehead atoms. The van der Waals surface area contributed by atoms with Gasteiger partial charge in [-0.1, -0.05) is 6.42 Å². The summed E-state index contributed by atoms with van der Waals surface area (Å²) in [5, 5.41) is 0. The topological polar surface area (TPSA) is 38.5 Å². The Labute approximate surface area is 105 Å². The van der Waals surface area contributed by atoms with E-state index >= 15 is 0 Å². The number of rotatable bonds is 3. The SMILES string of the molecule is CCOC1CC(N2C3CCCC2CC(N)C3)C1. The summed E-state index contributed by atoms with van der Waals surface area (Å²) < 4.78 is 5.69. The van der Waals surface area contributed by atoms with Crippen LogP contribution in [0.1, 0.15) is 51.9 Å². The van der Waals surface area contributed by atoms with Crippen LogP contribution in [0.15, 0.2) is 0 Å². The second kappa shape index (κ2) is 4.87. The van der Waals surface area contributed by atoms with E-state index in [0.29, 0.717) is 12.1 Å². The standard InChI is InChI=1S/C14H26N2O/c1-2-17-14-8-13(9-14)16-11-4-3-5-12(16)7-10(15)6-11/h10-14H,2-9,15H2,1H3. The molecule has 1 aliphatic carbocycles. The van der Waals surface area contributed by atoms with Gasteiger partial charge >= 0.3 is 0 Å². The number of fused-ring (bicyclic) bond motifs is 2. The van der Waals surface area contributed by atoms with Gasteiger partial charge in [-0.25, -0.2) is 0 Å². The maximum absolute atomic E-state index is 6.17. The van der Waals surface area contributed by atoms with E-state index in [0.717, 1.165) is 24.7 Å². The minimum atomic E-state index is 0.462. The van der Waals surface area contributed by atoms with E-state index in [4.69, 9.17) is 10.5 Å². The molecule has 2 aliphatic heterocycles. The summed E-state index contributed by atoms with van der Waals surface area (Å²) in [5.74, 6) is 0. The van der Waals surface area contributed by atoms with Crippen LogP contribution in [0.4, 0.5) is 0 Å². The van der Waals surface area contributed by atoms with Crippen LogP contribution in [0.3, 0.4) is 0 Å². The molecule has 2 atom stereocenters. The molecule has 3 fully saturated rings. The number of piperidine rings is 2. The molecule has 2 N–H and O–H groups in total. The van der Waals surface area contributed by atoms with E-state index in [1.165, 1.54) is 44.9 Å². The Kier molecular flexibility index (Phi) is 3.42. The molecule has 0 spiro atoms. The van der Waals surface area contributed by atoms with Gasteiger partial charge in [-0.15, -0.1) is 0 Å². The van der Waals surface area contributed by atoms with Gasteiger partial charge in [-0.3, -0.25) is 4.90 Å². The van der Waals surface area contributed by atoms with Crippen LogP contribution in [-0.4, -0.2) is 41.8 Å². The van der Waals surface area contributed by atoms with Crippen LogP contribution in [-0.2, 0) is 4.74 Å². The van der Waals surface area contributed by atoms with Gasteiger partial charge in [0.2, 0.25) is 0 Å². The molecule has 0 aromatic carbocycles. The number of nitrogens with zero attached hydrogens (tertiary/aromatic N) is 1. The fraction of sp³-hybridized carbons (Fsp3) is 1.00. The van der Waals surface area contributed by atoms with Crippen LogP contribution in [0, 0.1) is 0 Å². The minimum absolute atomic E-state index is 0.462. The van der Waals surface area contributed by atoms with Gasteiger partial charge < -0.3 is 10.5 Å². The van der Waals surface area contributed by atoms with Crippen molar-refractivity contribution in [2.24, 2.45) is 5.73 Å². The summed E-state index contributed by atoms with van der Waals surface area (Å²) >= 11 is 0. The predicted octanol–water partition coefficient (Wildman–Crippen LogP) is 1.90. The van der Waals surface area contributed by atoms with E-state index in [1.807, 2.05) is 0 Å². The largest absolute Gasteiger partial charge is 0.378 e. The van der Waals surface area contributed by atoms with Crippen LogP contribution in [0.5, 0.6) is 0 Å². The van der Waals surface area contributed by atoms with Crippen molar-refractivity contribution in [2.45, 2.75) is 82.1 Å². The number of ether oxygens (including phenoxy) is 1. The average molecular weight is 238 g/mol. The van der Waals surface area contributed by atoms with Gasteiger partial charge in [0.15, 0.2) is 0 Å². The van der Waals surface area contributed by atoms with Gasteiger partial charge in [-0.2, -0.15) is 0 Å². The molecular formula is C14H26N2O. The molecule has 0 aromatic heterocycles. The average Bonchev–Trinajstić information content (AvgIpc) is 2.22. The second-order valence-corrected chi connectivity index (χ2v) is 6.12. The normalized spacial score (nSPS) is 46.6. The van der Waals surface area contributed by atoms with Crippen molar-refractivity contribution < 1.29 is 4.74 Å². The maximum atomic E-state index is 6.17. The van der Waals surface area contributed by atoms with Crippen molar-refractivity contribution in [3.05, 3.63) is 0 Å². The lowest BCUT2D eigenvalue weighted by atomic mass is 9.76. The number of hydrogen-bond acceptors (Lipinski definition) is 3. The molecule has 3 heteroatoms. The third kappa shape index (κ3) is 2.25. The zero-order valence-corrected chi connectivity index (χ0v) is 11.0. The van der Waals surface area contributed by atoms with Crippen molar-refractivity contribution in [3.8, 4) is 0 Å². The molecule has 3 rings (SSSR count). The maximum Gasteiger partial charge on any atom is 0.0604 e. The van der Waals surface area contributed by atoms with Crippen molar-refractivity contribution in [2.75, 3.05) is 6.61 Å². The molecule has 2 saturated heterocycles. The molecular weight excluding hydrogens is 212 g/mol. The van der Waals surface area contributed by atoms with E-state index in [9.17, 15) is 0 Å². The van der Waals surface area contributed by atoms with Crippen molar-refractivity contribution in [3.63, 3.8) is 0 Å². The third-order valence-electron chi connectivity index (χ3n) is 4.96. The Morgan fingerprint density at radius 1 is 1.06 bits per heavy atom. The van der Waals surface area contributed by atoms with E-state index in [-0.39, 0.29) is 0 Å². The Bertz CT molecular complexity index is 251. The van der Waals surface area contributed by atoms with E-state index < -0.39 is 0 Å². The number of nitrogens with two attached hydrogens (primary N) is 1. The lowest BCUT2D eigenvalue weighted by molar-refractivity contribution is -0.0962. The lowest BCUT2D eigenvalue weighted by Gasteiger charge is -2.55. The Morgan fingerprint density at radius 3 is 2.29 bits per heavy atom. The summed E-state index contributed by atoms with van der Waals surface area (Å²) in [6.45, 7) is 2.97. The Morgan fingerprint density at radius 2 is 1.71 bits per heavy atom. The molecule has 3 aliphatic rings. The Balaban J connectivity index is 1.60. The van der Waals surface area contributed by atoms with E-state index in [2.05, 4.69) is 11.8 Å². The molecule has 0 radical (unpaired) electrons. The van der Waals surface area contributed by atoms with Crippen LogP contribution in [0.25, 0.3) is 0 Å². The molecule has 3 nitrogen and oxygen atoms in total. The predicted molar refractivity (Wildman–Crippen MR) is 68.9 cm³/mol. The van der Waals surface area contributed by atoms with Gasteiger partial charge in [-0.05, 0) is 45.4 Å². The molecule has 0 aromatic rings. The molecule has 17 heavy (non-hydrogen) atoms. The lowest BCUT2D eigenvalue weighted by Crippen LogP contribution is -2.62. The quantitative estimate of drug-likeness (QED) is 0.816. The highest BCUT2D eigenvalue weighted by molar-refractivity contribution is 5.00. The van der Waals surface area contributed by atoms with Gasteiger partial charge in [0.1, 0.15) is 0 Å². The smallest absolute Gasteiger partial charge is 0.0604 e. The first-order valence-corrected chi connectivity index (χ1v) is 7.42. The van der Waals surface area contributed by atoms with Crippen molar-refractivity contribution >= 4 is 0 Å². The summed E-state index contributed by atoms with van der Waals surface area (Å²) in [5.41, 5.74) is 6.17. The number of hydrogen-bond donors (Lipinski definition) is 1.